The molecule has 0 aromatic heterocycles. The van der Waals surface area contributed by atoms with Gasteiger partial charge in [-0.3, -0.25) is 0 Å². The summed E-state index contributed by atoms with van der Waals surface area (Å²) in [5.41, 5.74) is 3.40. The highest BCUT2D eigenvalue weighted by molar-refractivity contribution is 5.42. The third-order valence-electron chi connectivity index (χ3n) is 10.8. The first-order valence-corrected chi connectivity index (χ1v) is 14.3. The molecule has 0 heterocycles. The van der Waals surface area contributed by atoms with E-state index >= 15 is 0 Å². The summed E-state index contributed by atoms with van der Waals surface area (Å²) in [4.78, 5) is 0. The number of fused-ring (bicyclic) bond motifs is 5. The molecule has 8 atom stereocenters. The maximum absolute atomic E-state index is 10.3. The highest BCUT2D eigenvalue weighted by atomic mass is 16.3. The van der Waals surface area contributed by atoms with Crippen LogP contribution in [0, 0.1) is 75.9 Å². The monoisotopic (exact) mass is 478 g/mol. The standard InChI is InChI=1S/C35H42O/c1-26(13-9-6-4-5-7-10-14-27-15-11-8-12-16-27)31-19-20-32-30-18-17-28-25-29(36)21-23-34(28,2)33(30)22-24-35(31,32)3/h8,11-12,15-17,26,29-33,36H,9,13,18-25H2,1-3H3/t26-,29+,30+,31-,32+,33+,34+,35-/m1/s1. The Morgan fingerprint density at radius 1 is 0.944 bits per heavy atom. The van der Waals surface area contributed by atoms with Gasteiger partial charge in [-0.2, -0.15) is 0 Å². The molecule has 1 N–H and O–H groups in total. The smallest absolute Gasteiger partial charge is 0.0577 e. The van der Waals surface area contributed by atoms with Crippen LogP contribution in [0.25, 0.3) is 0 Å². The Balaban J connectivity index is 1.18. The van der Waals surface area contributed by atoms with Crippen LogP contribution in [0.15, 0.2) is 42.0 Å². The molecule has 1 aromatic carbocycles. The van der Waals surface area contributed by atoms with Crippen LogP contribution in [-0.2, 0) is 0 Å². The van der Waals surface area contributed by atoms with Gasteiger partial charge in [-0.15, -0.1) is 0 Å². The number of hydrogen-bond acceptors (Lipinski definition) is 1. The molecule has 36 heavy (non-hydrogen) atoms. The lowest BCUT2D eigenvalue weighted by molar-refractivity contribution is -0.0570. The van der Waals surface area contributed by atoms with Gasteiger partial charge in [0, 0.05) is 12.0 Å². The SMILES string of the molecule is C[C@H](CCC#CC#CC#Cc1ccccc1)[C@H]1CC[C@H]2[C@@H]3CC=C4C[C@@H](O)CC[C@]4(C)[C@H]3CC[C@]12C. The third kappa shape index (κ3) is 4.79. The molecule has 4 aliphatic carbocycles. The Kier molecular flexibility index (Phi) is 7.39. The van der Waals surface area contributed by atoms with E-state index in [9.17, 15) is 5.11 Å². The van der Waals surface area contributed by atoms with Crippen LogP contribution in [0.2, 0.25) is 0 Å². The van der Waals surface area contributed by atoms with Gasteiger partial charge in [-0.1, -0.05) is 62.5 Å². The van der Waals surface area contributed by atoms with Crippen LogP contribution in [0.1, 0.15) is 90.5 Å². The number of hydrogen-bond donors (Lipinski definition) is 1. The lowest BCUT2D eigenvalue weighted by atomic mass is 9.47. The van der Waals surface area contributed by atoms with Gasteiger partial charge >= 0.3 is 0 Å². The van der Waals surface area contributed by atoms with Crippen LogP contribution in [0.5, 0.6) is 0 Å². The Hall–Kier alpha value is -2.40. The first kappa shape index (κ1) is 25.3. The normalized spacial score (nSPS) is 37.2. The van der Waals surface area contributed by atoms with Crippen molar-refractivity contribution in [1.82, 2.24) is 0 Å². The van der Waals surface area contributed by atoms with Gasteiger partial charge in [0.05, 0.1) is 6.10 Å². The molecule has 4 aliphatic rings. The summed E-state index contributed by atoms with van der Waals surface area (Å²) >= 11 is 0. The fourth-order valence-corrected chi connectivity index (χ4v) is 8.91. The summed E-state index contributed by atoms with van der Waals surface area (Å²) < 4.78 is 0. The van der Waals surface area contributed by atoms with Gasteiger partial charge in [-0.25, -0.2) is 0 Å². The Morgan fingerprint density at radius 2 is 1.75 bits per heavy atom. The molecule has 0 aliphatic heterocycles. The molecule has 3 saturated carbocycles. The molecule has 1 heteroatoms. The van der Waals surface area contributed by atoms with E-state index in [-0.39, 0.29) is 6.10 Å². The van der Waals surface area contributed by atoms with Crippen LogP contribution in [0.3, 0.4) is 0 Å². The fourth-order valence-electron chi connectivity index (χ4n) is 8.91. The van der Waals surface area contributed by atoms with Gasteiger partial charge in [0.25, 0.3) is 0 Å². The van der Waals surface area contributed by atoms with E-state index in [0.29, 0.717) is 16.7 Å². The maximum atomic E-state index is 10.3. The van der Waals surface area contributed by atoms with Crippen molar-refractivity contribution in [3.8, 4) is 35.5 Å². The zero-order valence-electron chi connectivity index (χ0n) is 22.4. The molecular weight excluding hydrogens is 436 g/mol. The molecule has 0 spiro atoms. The van der Waals surface area contributed by atoms with Gasteiger partial charge in [0.15, 0.2) is 0 Å². The summed E-state index contributed by atoms with van der Waals surface area (Å²) in [6, 6.07) is 9.95. The van der Waals surface area contributed by atoms with E-state index in [1.54, 1.807) is 5.57 Å². The van der Waals surface area contributed by atoms with E-state index in [2.05, 4.69) is 62.4 Å². The van der Waals surface area contributed by atoms with Crippen LogP contribution >= 0.6 is 0 Å². The van der Waals surface area contributed by atoms with Crippen molar-refractivity contribution in [2.75, 3.05) is 0 Å². The molecule has 0 unspecified atom stereocenters. The number of benzene rings is 1. The van der Waals surface area contributed by atoms with Crippen molar-refractivity contribution in [2.45, 2.75) is 91.1 Å². The first-order valence-electron chi connectivity index (χ1n) is 14.3. The van der Waals surface area contributed by atoms with Gasteiger partial charge in [0.2, 0.25) is 0 Å². The van der Waals surface area contributed by atoms with Crippen molar-refractivity contribution in [3.05, 3.63) is 47.5 Å². The average molecular weight is 479 g/mol. The number of aliphatic hydroxyl groups excluding tert-OH is 1. The molecular formula is C35H42O. The topological polar surface area (TPSA) is 20.2 Å². The highest BCUT2D eigenvalue weighted by Crippen LogP contribution is 2.67. The number of aliphatic hydroxyl groups is 1. The van der Waals surface area contributed by atoms with Crippen molar-refractivity contribution in [1.29, 1.82) is 0 Å². The minimum Gasteiger partial charge on any atom is -0.393 e. The minimum atomic E-state index is -0.109. The van der Waals surface area contributed by atoms with Gasteiger partial charge < -0.3 is 5.11 Å². The second-order valence-corrected chi connectivity index (χ2v) is 12.6. The first-order chi connectivity index (χ1) is 17.4. The Bertz CT molecular complexity index is 1160. The second kappa shape index (κ2) is 10.5. The largest absolute Gasteiger partial charge is 0.393 e. The Morgan fingerprint density at radius 3 is 2.58 bits per heavy atom. The Labute approximate surface area is 219 Å². The lowest BCUT2D eigenvalue weighted by Crippen LogP contribution is -2.50. The highest BCUT2D eigenvalue weighted by Gasteiger charge is 2.59. The molecule has 188 valence electrons. The molecule has 0 bridgehead atoms. The van der Waals surface area contributed by atoms with Crippen LogP contribution in [0.4, 0.5) is 0 Å². The molecule has 0 saturated heterocycles. The molecule has 1 aromatic rings. The molecule has 1 nitrogen and oxygen atoms in total. The third-order valence-corrected chi connectivity index (χ3v) is 10.8. The lowest BCUT2D eigenvalue weighted by Gasteiger charge is -2.58. The van der Waals surface area contributed by atoms with Gasteiger partial charge in [-0.05, 0) is 134 Å². The van der Waals surface area contributed by atoms with E-state index in [1.165, 1.54) is 44.9 Å². The minimum absolute atomic E-state index is 0.109. The summed E-state index contributed by atoms with van der Waals surface area (Å²) in [6.07, 6.45) is 14.5. The zero-order valence-corrected chi connectivity index (χ0v) is 22.4. The van der Waals surface area contributed by atoms with E-state index in [4.69, 9.17) is 0 Å². The summed E-state index contributed by atoms with van der Waals surface area (Å²) in [6.45, 7) is 7.65. The maximum Gasteiger partial charge on any atom is 0.0577 e. The summed E-state index contributed by atoms with van der Waals surface area (Å²) in [5, 5.41) is 10.3. The van der Waals surface area contributed by atoms with E-state index in [1.807, 2.05) is 30.3 Å². The zero-order chi connectivity index (χ0) is 25.2. The predicted molar refractivity (Wildman–Crippen MR) is 148 cm³/mol. The van der Waals surface area contributed by atoms with Crippen molar-refractivity contribution in [2.24, 2.45) is 40.4 Å². The number of allylic oxidation sites excluding steroid dienone is 1. The molecule has 0 amide bonds. The van der Waals surface area contributed by atoms with Crippen LogP contribution in [-0.4, -0.2) is 11.2 Å². The van der Waals surface area contributed by atoms with Gasteiger partial charge in [0.1, 0.15) is 0 Å². The fraction of sp³-hybridized carbons (Fsp3) is 0.600. The quantitative estimate of drug-likeness (QED) is 0.354. The average Bonchev–Trinajstić information content (AvgIpc) is 3.24. The summed E-state index contributed by atoms with van der Waals surface area (Å²) in [7, 11) is 0. The van der Waals surface area contributed by atoms with Crippen molar-refractivity contribution >= 4 is 0 Å². The van der Waals surface area contributed by atoms with E-state index < -0.39 is 0 Å². The predicted octanol–water partition coefficient (Wildman–Crippen LogP) is 7.40. The molecule has 5 rings (SSSR count). The van der Waals surface area contributed by atoms with Crippen LogP contribution < -0.4 is 0 Å². The second-order valence-electron chi connectivity index (χ2n) is 12.6. The van der Waals surface area contributed by atoms with Crippen molar-refractivity contribution in [3.63, 3.8) is 0 Å². The molecule has 3 fully saturated rings. The van der Waals surface area contributed by atoms with Crippen molar-refractivity contribution < 1.29 is 5.11 Å². The summed E-state index contributed by atoms with van der Waals surface area (Å²) in [5.74, 6) is 22.1. The number of rotatable bonds is 3. The molecule has 0 radical (unpaired) electrons. The van der Waals surface area contributed by atoms with E-state index in [0.717, 1.165) is 48.5 Å².